The highest BCUT2D eigenvalue weighted by molar-refractivity contribution is 6.13. The van der Waals surface area contributed by atoms with E-state index >= 15 is 0 Å². The van der Waals surface area contributed by atoms with Crippen molar-refractivity contribution in [2.24, 2.45) is 0 Å². The fraction of sp³-hybridized carbons (Fsp3) is 0. The number of oxazole rings is 1. The predicted octanol–water partition coefficient (Wildman–Crippen LogP) is 13.4. The summed E-state index contributed by atoms with van der Waals surface area (Å²) in [4.78, 5) is 7.11. The highest BCUT2D eigenvalue weighted by Gasteiger charge is 2.21. The number of anilines is 3. The fourth-order valence-corrected chi connectivity index (χ4v) is 7.12. The molecule has 10 rings (SSSR count). The number of para-hydroxylation sites is 1. The van der Waals surface area contributed by atoms with Gasteiger partial charge in [0.1, 0.15) is 11.1 Å². The third kappa shape index (κ3) is 5.13. The van der Waals surface area contributed by atoms with Gasteiger partial charge in [-0.3, -0.25) is 0 Å². The van der Waals surface area contributed by atoms with Gasteiger partial charge in [0.05, 0.1) is 5.69 Å². The maximum atomic E-state index is 6.73. The lowest BCUT2D eigenvalue weighted by Gasteiger charge is -2.26. The molecule has 2 aromatic heterocycles. The average Bonchev–Trinajstić information content (AvgIpc) is 3.79. The zero-order valence-corrected chi connectivity index (χ0v) is 27.5. The molecule has 0 saturated heterocycles. The number of benzene rings is 8. The van der Waals surface area contributed by atoms with Gasteiger partial charge in [-0.15, -0.1) is 0 Å². The zero-order valence-electron chi connectivity index (χ0n) is 27.5. The fourth-order valence-electron chi connectivity index (χ4n) is 7.12. The molecule has 10 aromatic rings. The van der Waals surface area contributed by atoms with Crippen molar-refractivity contribution < 1.29 is 8.83 Å². The van der Waals surface area contributed by atoms with Gasteiger partial charge in [0.2, 0.25) is 5.89 Å². The highest BCUT2D eigenvalue weighted by atomic mass is 16.4. The molecule has 0 radical (unpaired) electrons. The summed E-state index contributed by atoms with van der Waals surface area (Å²) in [5, 5.41) is 4.49. The van der Waals surface area contributed by atoms with E-state index in [0.29, 0.717) is 11.5 Å². The van der Waals surface area contributed by atoms with Crippen molar-refractivity contribution >= 4 is 60.9 Å². The van der Waals surface area contributed by atoms with Crippen molar-refractivity contribution in [2.45, 2.75) is 0 Å². The maximum Gasteiger partial charge on any atom is 0.227 e. The molecular formula is C47H30N2O2. The van der Waals surface area contributed by atoms with Crippen LogP contribution in [0.3, 0.4) is 0 Å². The monoisotopic (exact) mass is 654 g/mol. The Bertz CT molecular complexity index is 2840. The van der Waals surface area contributed by atoms with Gasteiger partial charge in [-0.25, -0.2) is 4.98 Å². The molecule has 0 spiro atoms. The summed E-state index contributed by atoms with van der Waals surface area (Å²) in [6, 6.07) is 63.5. The van der Waals surface area contributed by atoms with Crippen LogP contribution in [0.2, 0.25) is 0 Å². The summed E-state index contributed by atoms with van der Waals surface area (Å²) in [6.45, 7) is 0. The van der Waals surface area contributed by atoms with E-state index in [9.17, 15) is 0 Å². The van der Waals surface area contributed by atoms with Crippen LogP contribution in [0.4, 0.5) is 17.1 Å². The summed E-state index contributed by atoms with van der Waals surface area (Å²) < 4.78 is 12.9. The van der Waals surface area contributed by atoms with E-state index in [1.807, 2.05) is 42.5 Å². The second kappa shape index (κ2) is 11.9. The van der Waals surface area contributed by atoms with Gasteiger partial charge in [-0.2, -0.15) is 0 Å². The van der Waals surface area contributed by atoms with Crippen LogP contribution in [0.15, 0.2) is 191 Å². The number of rotatable bonds is 6. The minimum absolute atomic E-state index is 0.598. The minimum Gasteiger partial charge on any atom is -0.454 e. The third-order valence-electron chi connectivity index (χ3n) is 9.69. The van der Waals surface area contributed by atoms with Crippen molar-refractivity contribution in [1.82, 2.24) is 4.98 Å². The van der Waals surface area contributed by atoms with E-state index in [2.05, 4.69) is 144 Å². The molecule has 2 heterocycles. The number of nitrogens with zero attached hydrogens (tertiary/aromatic N) is 2. The first-order valence-corrected chi connectivity index (χ1v) is 17.1. The molecule has 4 heteroatoms. The summed E-state index contributed by atoms with van der Waals surface area (Å²) in [5.41, 5.74) is 11.7. The molecule has 0 aliphatic heterocycles. The van der Waals surface area contributed by atoms with Crippen LogP contribution in [-0.2, 0) is 0 Å². The van der Waals surface area contributed by atoms with Crippen LogP contribution in [0.25, 0.3) is 77.5 Å². The standard InChI is InChI=1S/C47H30N2O2/c1-3-10-31(11-4-1)33-20-24-38(25-21-33)49(39-26-22-34(23-27-39)37-19-18-32-12-7-8-15-36(32)28-37)43-17-9-16-40-41-29-42-45(30-44(41)50-46(40)43)51-47(48-42)35-13-5-2-6-14-35/h1-30H. The van der Waals surface area contributed by atoms with E-state index in [4.69, 9.17) is 13.8 Å². The first-order valence-electron chi connectivity index (χ1n) is 17.1. The largest absolute Gasteiger partial charge is 0.454 e. The van der Waals surface area contributed by atoms with E-state index < -0.39 is 0 Å². The van der Waals surface area contributed by atoms with Crippen molar-refractivity contribution in [1.29, 1.82) is 0 Å². The smallest absolute Gasteiger partial charge is 0.227 e. The number of aromatic nitrogens is 1. The average molecular weight is 655 g/mol. The van der Waals surface area contributed by atoms with Crippen LogP contribution in [0.1, 0.15) is 0 Å². The van der Waals surface area contributed by atoms with Crippen LogP contribution in [-0.4, -0.2) is 4.98 Å². The zero-order chi connectivity index (χ0) is 33.7. The Labute approximate surface area is 294 Å². The predicted molar refractivity (Wildman–Crippen MR) is 210 cm³/mol. The lowest BCUT2D eigenvalue weighted by Crippen LogP contribution is -2.10. The Morgan fingerprint density at radius 2 is 1.00 bits per heavy atom. The van der Waals surface area contributed by atoms with E-state index in [1.165, 1.54) is 21.9 Å². The quantitative estimate of drug-likeness (QED) is 0.179. The molecule has 4 nitrogen and oxygen atoms in total. The molecule has 0 bridgehead atoms. The number of fused-ring (bicyclic) bond motifs is 5. The Kier molecular flexibility index (Phi) is 6.78. The number of furan rings is 1. The van der Waals surface area contributed by atoms with Gasteiger partial charge in [0.25, 0.3) is 0 Å². The summed E-state index contributed by atoms with van der Waals surface area (Å²) in [5.74, 6) is 0.598. The Hall–Kier alpha value is -6.91. The van der Waals surface area contributed by atoms with Crippen LogP contribution < -0.4 is 4.90 Å². The molecule has 0 atom stereocenters. The molecule has 51 heavy (non-hydrogen) atoms. The molecular weight excluding hydrogens is 625 g/mol. The van der Waals surface area contributed by atoms with Gasteiger partial charge in [0.15, 0.2) is 11.2 Å². The van der Waals surface area contributed by atoms with E-state index in [1.54, 1.807) is 0 Å². The topological polar surface area (TPSA) is 42.4 Å². The third-order valence-corrected chi connectivity index (χ3v) is 9.69. The van der Waals surface area contributed by atoms with Gasteiger partial charge in [-0.05, 0) is 87.6 Å². The van der Waals surface area contributed by atoms with Gasteiger partial charge >= 0.3 is 0 Å². The molecule has 8 aromatic carbocycles. The SMILES string of the molecule is c1ccc(-c2ccc(N(c3ccc(-c4ccc5ccccc5c4)cc3)c3cccc4c3oc3cc5oc(-c6ccccc6)nc5cc34)cc2)cc1. The lowest BCUT2D eigenvalue weighted by molar-refractivity contribution is 0.617. The maximum absolute atomic E-state index is 6.73. The van der Waals surface area contributed by atoms with Crippen molar-refractivity contribution in [2.75, 3.05) is 4.90 Å². The molecule has 0 fully saturated rings. The first-order chi connectivity index (χ1) is 25.2. The van der Waals surface area contributed by atoms with Crippen LogP contribution >= 0.6 is 0 Å². The first kappa shape index (κ1) is 29.0. The lowest BCUT2D eigenvalue weighted by atomic mass is 10.0. The van der Waals surface area contributed by atoms with Gasteiger partial charge < -0.3 is 13.7 Å². The van der Waals surface area contributed by atoms with E-state index in [-0.39, 0.29) is 0 Å². The molecule has 0 amide bonds. The summed E-state index contributed by atoms with van der Waals surface area (Å²) >= 11 is 0. The van der Waals surface area contributed by atoms with Crippen LogP contribution in [0.5, 0.6) is 0 Å². The molecule has 0 N–H and O–H groups in total. The molecule has 0 saturated carbocycles. The van der Waals surface area contributed by atoms with Crippen molar-refractivity contribution in [3.05, 3.63) is 182 Å². The van der Waals surface area contributed by atoms with Gasteiger partial charge in [0, 0.05) is 33.8 Å². The molecule has 240 valence electrons. The number of hydrogen-bond acceptors (Lipinski definition) is 4. The molecule has 0 aliphatic carbocycles. The minimum atomic E-state index is 0.598. The van der Waals surface area contributed by atoms with Crippen molar-refractivity contribution in [3.63, 3.8) is 0 Å². The summed E-state index contributed by atoms with van der Waals surface area (Å²) in [6.07, 6.45) is 0. The van der Waals surface area contributed by atoms with Gasteiger partial charge in [-0.1, -0.05) is 121 Å². The second-order valence-corrected chi connectivity index (χ2v) is 12.8. The van der Waals surface area contributed by atoms with Crippen LogP contribution in [0, 0.1) is 0 Å². The van der Waals surface area contributed by atoms with E-state index in [0.717, 1.165) is 61.2 Å². The molecule has 0 unspecified atom stereocenters. The second-order valence-electron chi connectivity index (χ2n) is 12.8. The molecule has 0 aliphatic rings. The van der Waals surface area contributed by atoms with Crippen molar-refractivity contribution in [3.8, 4) is 33.7 Å². The Balaban J connectivity index is 1.10. The Morgan fingerprint density at radius 1 is 0.392 bits per heavy atom. The normalized spacial score (nSPS) is 11.5. The summed E-state index contributed by atoms with van der Waals surface area (Å²) in [7, 11) is 0. The highest BCUT2D eigenvalue weighted by Crippen LogP contribution is 2.44. The number of hydrogen-bond donors (Lipinski definition) is 0. The Morgan fingerprint density at radius 3 is 1.73 bits per heavy atom.